The second-order valence-corrected chi connectivity index (χ2v) is 7.48. The molecule has 0 spiro atoms. The Morgan fingerprint density at radius 1 is 1.25 bits per heavy atom. The van der Waals surface area contributed by atoms with Gasteiger partial charge in [0.05, 0.1) is 7.11 Å². The third-order valence-corrected chi connectivity index (χ3v) is 5.20. The van der Waals surface area contributed by atoms with Gasteiger partial charge in [0, 0.05) is 49.1 Å². The Balaban J connectivity index is 1.75. The zero-order valence-electron chi connectivity index (χ0n) is 17.9. The Hall–Kier alpha value is -4.03. The molecule has 1 aromatic carbocycles. The quantitative estimate of drug-likeness (QED) is 0.493. The SMILES string of the molecule is COC(=O)c1cc(-n2nccc2C)nc(-c2cccc(C#C[C@]3(O)CCN(C)C3=O)c2)n1. The lowest BCUT2D eigenvalue weighted by Gasteiger charge is -2.13. The van der Waals surface area contributed by atoms with Crippen molar-refractivity contribution in [2.24, 2.45) is 0 Å². The lowest BCUT2D eigenvalue weighted by molar-refractivity contribution is -0.137. The van der Waals surface area contributed by atoms with E-state index in [4.69, 9.17) is 4.74 Å². The van der Waals surface area contributed by atoms with E-state index >= 15 is 0 Å². The number of likely N-dealkylation sites (N-methyl/N-ethyl adjacent to an activating group) is 1. The molecule has 2 aromatic heterocycles. The van der Waals surface area contributed by atoms with Crippen LogP contribution in [0, 0.1) is 18.8 Å². The summed E-state index contributed by atoms with van der Waals surface area (Å²) >= 11 is 0. The number of carbonyl (C=O) groups excluding carboxylic acids is 2. The molecule has 0 aliphatic carbocycles. The van der Waals surface area contributed by atoms with Crippen molar-refractivity contribution >= 4 is 11.9 Å². The van der Waals surface area contributed by atoms with Gasteiger partial charge in [0.1, 0.15) is 0 Å². The van der Waals surface area contributed by atoms with Crippen molar-refractivity contribution in [2.75, 3.05) is 20.7 Å². The highest BCUT2D eigenvalue weighted by atomic mass is 16.5. The van der Waals surface area contributed by atoms with E-state index in [0.29, 0.717) is 23.5 Å². The van der Waals surface area contributed by atoms with Gasteiger partial charge < -0.3 is 14.7 Å². The third-order valence-electron chi connectivity index (χ3n) is 5.20. The average molecular weight is 431 g/mol. The highest BCUT2D eigenvalue weighted by Crippen LogP contribution is 2.22. The summed E-state index contributed by atoms with van der Waals surface area (Å²) in [5, 5.41) is 14.8. The van der Waals surface area contributed by atoms with E-state index < -0.39 is 17.5 Å². The summed E-state index contributed by atoms with van der Waals surface area (Å²) in [5.41, 5.74) is 0.423. The Morgan fingerprint density at radius 2 is 2.06 bits per heavy atom. The van der Waals surface area contributed by atoms with E-state index in [-0.39, 0.29) is 17.9 Å². The monoisotopic (exact) mass is 431 g/mol. The van der Waals surface area contributed by atoms with E-state index in [9.17, 15) is 14.7 Å². The predicted molar refractivity (Wildman–Crippen MR) is 115 cm³/mol. The van der Waals surface area contributed by atoms with Crippen molar-refractivity contribution in [3.8, 4) is 29.0 Å². The van der Waals surface area contributed by atoms with E-state index in [1.807, 2.05) is 13.0 Å². The van der Waals surface area contributed by atoms with Gasteiger partial charge in [-0.15, -0.1) is 0 Å². The number of hydrogen-bond donors (Lipinski definition) is 1. The number of likely N-dealkylation sites (tertiary alicyclic amines) is 1. The van der Waals surface area contributed by atoms with Gasteiger partial charge in [-0.05, 0) is 25.1 Å². The number of carbonyl (C=O) groups is 2. The van der Waals surface area contributed by atoms with Crippen molar-refractivity contribution in [1.82, 2.24) is 24.6 Å². The van der Waals surface area contributed by atoms with Crippen LogP contribution in [0.2, 0.25) is 0 Å². The highest BCUT2D eigenvalue weighted by Gasteiger charge is 2.42. The van der Waals surface area contributed by atoms with Crippen LogP contribution in [0.1, 0.15) is 28.2 Å². The van der Waals surface area contributed by atoms with Crippen LogP contribution >= 0.6 is 0 Å². The first-order valence-corrected chi connectivity index (χ1v) is 9.91. The van der Waals surface area contributed by atoms with Gasteiger partial charge in [0.2, 0.25) is 5.60 Å². The van der Waals surface area contributed by atoms with Crippen LogP contribution in [0.5, 0.6) is 0 Å². The summed E-state index contributed by atoms with van der Waals surface area (Å²) in [7, 11) is 2.92. The van der Waals surface area contributed by atoms with Gasteiger partial charge in [-0.1, -0.05) is 24.0 Å². The number of methoxy groups -OCH3 is 1. The zero-order chi connectivity index (χ0) is 22.9. The molecule has 3 aromatic rings. The first-order chi connectivity index (χ1) is 15.3. The molecular weight excluding hydrogens is 410 g/mol. The largest absolute Gasteiger partial charge is 0.464 e. The number of aromatic nitrogens is 4. The van der Waals surface area contributed by atoms with Crippen molar-refractivity contribution < 1.29 is 19.4 Å². The summed E-state index contributed by atoms with van der Waals surface area (Å²) in [6.45, 7) is 2.32. The van der Waals surface area contributed by atoms with Crippen molar-refractivity contribution in [3.05, 3.63) is 59.5 Å². The molecule has 9 heteroatoms. The lowest BCUT2D eigenvalue weighted by Crippen LogP contribution is -2.37. The van der Waals surface area contributed by atoms with E-state index in [0.717, 1.165) is 5.69 Å². The normalized spacial score (nSPS) is 17.8. The minimum absolute atomic E-state index is 0.0905. The van der Waals surface area contributed by atoms with Crippen LogP contribution in [-0.4, -0.2) is 67.9 Å². The fourth-order valence-electron chi connectivity index (χ4n) is 3.37. The predicted octanol–water partition coefficient (Wildman–Crippen LogP) is 1.37. The summed E-state index contributed by atoms with van der Waals surface area (Å²) in [6.07, 6.45) is 1.89. The maximum atomic E-state index is 12.2. The lowest BCUT2D eigenvalue weighted by atomic mass is 10.0. The fraction of sp³-hybridized carbons (Fsp3) is 0.261. The molecule has 0 bridgehead atoms. The zero-order valence-corrected chi connectivity index (χ0v) is 17.9. The Labute approximate surface area is 184 Å². The van der Waals surface area contributed by atoms with Gasteiger partial charge >= 0.3 is 5.97 Å². The number of aliphatic hydroxyl groups is 1. The van der Waals surface area contributed by atoms with Crippen LogP contribution in [0.3, 0.4) is 0 Å². The van der Waals surface area contributed by atoms with Gasteiger partial charge in [-0.25, -0.2) is 19.4 Å². The second-order valence-electron chi connectivity index (χ2n) is 7.48. The Bertz CT molecular complexity index is 1270. The Kier molecular flexibility index (Phi) is 5.47. The topological polar surface area (TPSA) is 110 Å². The van der Waals surface area contributed by atoms with Crippen LogP contribution in [-0.2, 0) is 9.53 Å². The molecule has 3 heterocycles. The Morgan fingerprint density at radius 3 is 2.72 bits per heavy atom. The molecule has 1 saturated heterocycles. The van der Waals surface area contributed by atoms with Crippen LogP contribution < -0.4 is 0 Å². The number of rotatable bonds is 3. The van der Waals surface area contributed by atoms with E-state index in [1.165, 1.54) is 18.1 Å². The van der Waals surface area contributed by atoms with E-state index in [2.05, 4.69) is 26.9 Å². The molecular formula is C23H21N5O4. The van der Waals surface area contributed by atoms with Gasteiger partial charge in [0.15, 0.2) is 17.3 Å². The minimum atomic E-state index is -1.68. The molecule has 1 aliphatic rings. The van der Waals surface area contributed by atoms with Crippen molar-refractivity contribution in [1.29, 1.82) is 0 Å². The summed E-state index contributed by atoms with van der Waals surface area (Å²) in [6, 6.07) is 10.4. The molecule has 1 fully saturated rings. The molecule has 4 rings (SSSR count). The van der Waals surface area contributed by atoms with Crippen LogP contribution in [0.4, 0.5) is 0 Å². The fourth-order valence-corrected chi connectivity index (χ4v) is 3.37. The molecule has 1 atom stereocenters. The van der Waals surface area contributed by atoms with Crippen molar-refractivity contribution in [3.63, 3.8) is 0 Å². The number of amides is 1. The van der Waals surface area contributed by atoms with Crippen molar-refractivity contribution in [2.45, 2.75) is 18.9 Å². The maximum Gasteiger partial charge on any atom is 0.356 e. The first kappa shape index (κ1) is 21.2. The van der Waals surface area contributed by atoms with E-state index in [1.54, 1.807) is 42.2 Å². The summed E-state index contributed by atoms with van der Waals surface area (Å²) < 4.78 is 6.43. The second kappa shape index (κ2) is 8.24. The molecule has 162 valence electrons. The van der Waals surface area contributed by atoms with Crippen LogP contribution in [0.15, 0.2) is 42.6 Å². The van der Waals surface area contributed by atoms with Gasteiger partial charge in [0.25, 0.3) is 5.91 Å². The molecule has 0 saturated carbocycles. The average Bonchev–Trinajstić information content (AvgIpc) is 3.35. The molecule has 0 unspecified atom stereocenters. The standard InChI is InChI=1S/C23H21N5O4/c1-15-8-11-24-28(15)19-14-18(21(29)32-3)25-20(26-19)17-6-4-5-16(13-17)7-9-23(31)10-12-27(2)22(23)30/h4-6,8,11,13-14,31H,10,12H2,1-3H3/t23-/m0/s1. The van der Waals surface area contributed by atoms with Gasteiger partial charge in [-0.3, -0.25) is 4.79 Å². The highest BCUT2D eigenvalue weighted by molar-refractivity contribution is 5.90. The van der Waals surface area contributed by atoms with Crippen LogP contribution in [0.25, 0.3) is 17.2 Å². The smallest absolute Gasteiger partial charge is 0.356 e. The number of benzene rings is 1. The number of hydrogen-bond acceptors (Lipinski definition) is 7. The maximum absolute atomic E-state index is 12.2. The van der Waals surface area contributed by atoms with Gasteiger partial charge in [-0.2, -0.15) is 5.10 Å². The molecule has 1 N–H and O–H groups in total. The molecule has 0 radical (unpaired) electrons. The number of aryl methyl sites for hydroxylation is 1. The summed E-state index contributed by atoms with van der Waals surface area (Å²) in [5.74, 6) is 5.28. The minimum Gasteiger partial charge on any atom is -0.464 e. The first-order valence-electron chi connectivity index (χ1n) is 9.91. The number of ether oxygens (including phenoxy) is 1. The summed E-state index contributed by atoms with van der Waals surface area (Å²) in [4.78, 5) is 34.7. The number of esters is 1. The molecule has 9 nitrogen and oxygen atoms in total. The number of nitrogens with zero attached hydrogens (tertiary/aromatic N) is 5. The molecule has 1 amide bonds. The molecule has 32 heavy (non-hydrogen) atoms. The third kappa shape index (κ3) is 3.96. The molecule has 1 aliphatic heterocycles.